The molecule has 126 valence electrons. The number of likely N-dealkylation sites (N-methyl/N-ethyl adjacent to an activating group) is 1. The summed E-state index contributed by atoms with van der Waals surface area (Å²) in [4.78, 5) is 29.3. The largest absolute Gasteiger partial charge is 0.452 e. The van der Waals surface area contributed by atoms with Crippen molar-refractivity contribution in [1.82, 2.24) is 9.88 Å². The van der Waals surface area contributed by atoms with Crippen LogP contribution in [0, 0.1) is 6.92 Å². The molecule has 1 amide bonds. The quantitative estimate of drug-likeness (QED) is 0.599. The first-order valence-electron chi connectivity index (χ1n) is 7.15. The van der Waals surface area contributed by atoms with Gasteiger partial charge >= 0.3 is 5.97 Å². The number of aryl methyl sites for hydroxylation is 1. The van der Waals surface area contributed by atoms with Gasteiger partial charge in [-0.2, -0.15) is 0 Å². The van der Waals surface area contributed by atoms with E-state index in [1.165, 1.54) is 17.2 Å². The number of ether oxygens (including phenoxy) is 1. The van der Waals surface area contributed by atoms with Crippen LogP contribution in [0.25, 0.3) is 0 Å². The fourth-order valence-electron chi connectivity index (χ4n) is 1.98. The van der Waals surface area contributed by atoms with Gasteiger partial charge in [0.05, 0.1) is 10.6 Å². The molecule has 1 aromatic carbocycles. The van der Waals surface area contributed by atoms with Crippen LogP contribution in [0.5, 0.6) is 0 Å². The molecule has 0 spiro atoms. The van der Waals surface area contributed by atoms with E-state index in [1.54, 1.807) is 7.05 Å². The first-order valence-corrected chi connectivity index (χ1v) is 7.90. The number of nitrogens with zero attached hydrogens (tertiary/aromatic N) is 2. The van der Waals surface area contributed by atoms with E-state index >= 15 is 0 Å². The molecule has 7 heteroatoms. The lowest BCUT2D eigenvalue weighted by atomic mass is 10.1. The number of halogens is 2. The average molecular weight is 367 g/mol. The summed E-state index contributed by atoms with van der Waals surface area (Å²) >= 11 is 11.5. The lowest BCUT2D eigenvalue weighted by Gasteiger charge is -2.18. The standard InChI is InChI=1S/C17H16Cl2N2O3/c1-11-5-3-4-6-12(11)9-21(2)15(22)10-24-17(23)13-7-14(18)16(19)20-8-13/h3-8H,9-10H2,1-2H3. The van der Waals surface area contributed by atoms with Crippen LogP contribution >= 0.6 is 23.2 Å². The highest BCUT2D eigenvalue weighted by atomic mass is 35.5. The Morgan fingerprint density at radius 1 is 1.25 bits per heavy atom. The molecule has 0 atom stereocenters. The highest BCUT2D eigenvalue weighted by molar-refractivity contribution is 6.41. The van der Waals surface area contributed by atoms with E-state index in [9.17, 15) is 9.59 Å². The van der Waals surface area contributed by atoms with Gasteiger partial charge in [-0.25, -0.2) is 9.78 Å². The number of carbonyl (C=O) groups is 2. The van der Waals surface area contributed by atoms with Crippen LogP contribution in [0.4, 0.5) is 0 Å². The van der Waals surface area contributed by atoms with Gasteiger partial charge in [0, 0.05) is 19.8 Å². The molecule has 5 nitrogen and oxygen atoms in total. The van der Waals surface area contributed by atoms with E-state index in [1.807, 2.05) is 31.2 Å². The molecule has 0 radical (unpaired) electrons. The first kappa shape index (κ1) is 18.2. The normalized spacial score (nSPS) is 10.3. The Kier molecular flexibility index (Phi) is 6.17. The lowest BCUT2D eigenvalue weighted by Crippen LogP contribution is -2.31. The van der Waals surface area contributed by atoms with Gasteiger partial charge in [0.1, 0.15) is 5.15 Å². The van der Waals surface area contributed by atoms with Crippen molar-refractivity contribution in [3.63, 3.8) is 0 Å². The molecule has 0 aliphatic carbocycles. The zero-order valence-corrected chi connectivity index (χ0v) is 14.8. The number of amides is 1. The van der Waals surface area contributed by atoms with Crippen molar-refractivity contribution < 1.29 is 14.3 Å². The molecule has 1 aromatic heterocycles. The Morgan fingerprint density at radius 3 is 2.62 bits per heavy atom. The minimum atomic E-state index is -0.682. The van der Waals surface area contributed by atoms with Gasteiger partial charge in [-0.15, -0.1) is 0 Å². The van der Waals surface area contributed by atoms with Gasteiger partial charge < -0.3 is 9.64 Å². The number of pyridine rings is 1. The van der Waals surface area contributed by atoms with Crippen LogP contribution in [-0.4, -0.2) is 35.4 Å². The van der Waals surface area contributed by atoms with Crippen molar-refractivity contribution in [2.24, 2.45) is 0 Å². The number of esters is 1. The summed E-state index contributed by atoms with van der Waals surface area (Å²) in [6.45, 7) is 2.06. The predicted octanol–water partition coefficient (Wildman–Crippen LogP) is 3.51. The fraction of sp³-hybridized carbons (Fsp3) is 0.235. The molecular weight excluding hydrogens is 351 g/mol. The summed E-state index contributed by atoms with van der Waals surface area (Å²) in [6, 6.07) is 9.13. The summed E-state index contributed by atoms with van der Waals surface area (Å²) in [7, 11) is 1.66. The van der Waals surface area contributed by atoms with E-state index < -0.39 is 5.97 Å². The van der Waals surface area contributed by atoms with E-state index in [-0.39, 0.29) is 28.3 Å². The summed E-state index contributed by atoms with van der Waals surface area (Å²) in [6.07, 6.45) is 1.25. The van der Waals surface area contributed by atoms with Crippen LogP contribution in [0.1, 0.15) is 21.5 Å². The molecule has 0 unspecified atom stereocenters. The Morgan fingerprint density at radius 2 is 1.96 bits per heavy atom. The smallest absolute Gasteiger partial charge is 0.340 e. The maximum atomic E-state index is 12.1. The molecule has 0 saturated heterocycles. The second-order valence-electron chi connectivity index (χ2n) is 5.25. The maximum absolute atomic E-state index is 12.1. The number of hydrogen-bond donors (Lipinski definition) is 0. The summed E-state index contributed by atoms with van der Waals surface area (Å²) in [5.74, 6) is -0.988. The SMILES string of the molecule is Cc1ccccc1CN(C)C(=O)COC(=O)c1cnc(Cl)c(Cl)c1. The Bertz CT molecular complexity index is 765. The molecule has 0 aliphatic heterocycles. The second kappa shape index (κ2) is 8.13. The molecule has 0 fully saturated rings. The second-order valence-corrected chi connectivity index (χ2v) is 6.01. The van der Waals surface area contributed by atoms with Crippen molar-refractivity contribution >= 4 is 35.1 Å². The first-order chi connectivity index (χ1) is 11.4. The number of rotatable bonds is 5. The van der Waals surface area contributed by atoms with Gasteiger partial charge in [-0.3, -0.25) is 4.79 Å². The summed E-state index contributed by atoms with van der Waals surface area (Å²) in [5.41, 5.74) is 2.27. The van der Waals surface area contributed by atoms with Crippen molar-refractivity contribution in [3.8, 4) is 0 Å². The minimum absolute atomic E-state index is 0.0993. The van der Waals surface area contributed by atoms with Crippen molar-refractivity contribution in [2.45, 2.75) is 13.5 Å². The Hall–Kier alpha value is -2.11. The van der Waals surface area contributed by atoms with Crippen molar-refractivity contribution in [1.29, 1.82) is 0 Å². The van der Waals surface area contributed by atoms with Crippen molar-refractivity contribution in [3.05, 3.63) is 63.4 Å². The third-order valence-corrected chi connectivity index (χ3v) is 4.14. The predicted molar refractivity (Wildman–Crippen MR) is 92.2 cm³/mol. The fourth-order valence-corrected chi connectivity index (χ4v) is 2.25. The topological polar surface area (TPSA) is 59.5 Å². The summed E-state index contributed by atoms with van der Waals surface area (Å²) < 4.78 is 5.00. The zero-order chi connectivity index (χ0) is 17.7. The Balaban J connectivity index is 1.91. The van der Waals surface area contributed by atoms with Crippen LogP contribution in [0.2, 0.25) is 10.2 Å². The van der Waals surface area contributed by atoms with Crippen LogP contribution in [0.3, 0.4) is 0 Å². The van der Waals surface area contributed by atoms with Gasteiger partial charge in [0.15, 0.2) is 6.61 Å². The lowest BCUT2D eigenvalue weighted by molar-refractivity contribution is -0.133. The number of aromatic nitrogens is 1. The number of benzene rings is 1. The average Bonchev–Trinajstić information content (AvgIpc) is 2.56. The minimum Gasteiger partial charge on any atom is -0.452 e. The Labute approximate surface area is 150 Å². The molecule has 1 heterocycles. The van der Waals surface area contributed by atoms with E-state index in [0.717, 1.165) is 11.1 Å². The molecule has 0 saturated carbocycles. The molecule has 0 bridgehead atoms. The monoisotopic (exact) mass is 366 g/mol. The van der Waals surface area contributed by atoms with Crippen LogP contribution in [-0.2, 0) is 16.1 Å². The van der Waals surface area contributed by atoms with Crippen molar-refractivity contribution in [2.75, 3.05) is 13.7 Å². The molecule has 2 aromatic rings. The third-order valence-electron chi connectivity index (χ3n) is 3.45. The van der Waals surface area contributed by atoms with Gasteiger partial charge in [-0.1, -0.05) is 47.5 Å². The van der Waals surface area contributed by atoms with Gasteiger partial charge in [-0.05, 0) is 24.1 Å². The van der Waals surface area contributed by atoms with Crippen LogP contribution in [0.15, 0.2) is 36.5 Å². The molecule has 24 heavy (non-hydrogen) atoms. The molecular formula is C17H16Cl2N2O3. The van der Waals surface area contributed by atoms with E-state index in [2.05, 4.69) is 4.98 Å². The molecule has 0 aliphatic rings. The maximum Gasteiger partial charge on any atom is 0.340 e. The van der Waals surface area contributed by atoms with E-state index in [0.29, 0.717) is 6.54 Å². The number of hydrogen-bond acceptors (Lipinski definition) is 4. The van der Waals surface area contributed by atoms with Gasteiger partial charge in [0.2, 0.25) is 0 Å². The van der Waals surface area contributed by atoms with Crippen LogP contribution < -0.4 is 0 Å². The molecule has 0 N–H and O–H groups in total. The highest BCUT2D eigenvalue weighted by Crippen LogP contribution is 2.20. The zero-order valence-electron chi connectivity index (χ0n) is 13.3. The third kappa shape index (κ3) is 4.69. The van der Waals surface area contributed by atoms with E-state index in [4.69, 9.17) is 27.9 Å². The highest BCUT2D eigenvalue weighted by Gasteiger charge is 2.15. The molecule has 2 rings (SSSR count). The number of carbonyl (C=O) groups excluding carboxylic acids is 2. The van der Waals surface area contributed by atoms with Gasteiger partial charge in [0.25, 0.3) is 5.91 Å². The summed E-state index contributed by atoms with van der Waals surface area (Å²) in [5, 5.41) is 0.247.